The maximum atomic E-state index is 12.4. The van der Waals surface area contributed by atoms with Gasteiger partial charge in [0.25, 0.3) is 0 Å². The van der Waals surface area contributed by atoms with Crippen LogP contribution in [0.3, 0.4) is 0 Å². The van der Waals surface area contributed by atoms with Crippen LogP contribution < -0.4 is 0 Å². The number of urea groups is 1. The minimum atomic E-state index is -0.967. The Kier molecular flexibility index (Phi) is 7.78. The molecule has 120 valence electrons. The molecule has 1 aliphatic rings. The molecule has 0 radical (unpaired) electrons. The van der Waals surface area contributed by atoms with Crippen molar-refractivity contribution in [3.8, 4) is 0 Å². The summed E-state index contributed by atoms with van der Waals surface area (Å²) in [6, 6.07) is -0.0383. The minimum Gasteiger partial charge on any atom is -0.480 e. The summed E-state index contributed by atoms with van der Waals surface area (Å²) >= 11 is 0. The fourth-order valence-corrected chi connectivity index (χ4v) is 2.23. The van der Waals surface area contributed by atoms with Gasteiger partial charge in [-0.15, -0.1) is 6.58 Å². The average molecular weight is 300 g/mol. The molecule has 21 heavy (non-hydrogen) atoms. The van der Waals surface area contributed by atoms with Crippen molar-refractivity contribution >= 4 is 12.0 Å². The van der Waals surface area contributed by atoms with Crippen LogP contribution in [0, 0.1) is 0 Å². The zero-order valence-electron chi connectivity index (χ0n) is 12.5. The molecule has 1 heterocycles. The van der Waals surface area contributed by atoms with Crippen molar-refractivity contribution in [1.82, 2.24) is 9.80 Å². The third kappa shape index (κ3) is 6.14. The van der Waals surface area contributed by atoms with E-state index < -0.39 is 5.97 Å². The number of carbonyl (C=O) groups excluding carboxylic acids is 1. The van der Waals surface area contributed by atoms with Gasteiger partial charge in [-0.1, -0.05) is 6.08 Å². The Morgan fingerprint density at radius 2 is 2.10 bits per heavy atom. The van der Waals surface area contributed by atoms with E-state index in [1.807, 2.05) is 0 Å². The third-order valence-corrected chi connectivity index (χ3v) is 3.34. The van der Waals surface area contributed by atoms with Gasteiger partial charge >= 0.3 is 12.0 Å². The molecule has 2 amide bonds. The molecule has 0 atom stereocenters. The molecule has 0 unspecified atom stereocenters. The van der Waals surface area contributed by atoms with E-state index in [0.29, 0.717) is 45.6 Å². The van der Waals surface area contributed by atoms with Crippen LogP contribution in [0.2, 0.25) is 0 Å². The van der Waals surface area contributed by atoms with Crippen LogP contribution in [0.5, 0.6) is 0 Å². The van der Waals surface area contributed by atoms with Crippen LogP contribution in [-0.4, -0.2) is 79.5 Å². The van der Waals surface area contributed by atoms with Crippen LogP contribution >= 0.6 is 0 Å². The number of hydrogen-bond acceptors (Lipinski definition) is 4. The number of hydrogen-bond donors (Lipinski definition) is 1. The summed E-state index contributed by atoms with van der Waals surface area (Å²) in [7, 11) is 1.60. The number of likely N-dealkylation sites (tertiary alicyclic amines) is 1. The number of aliphatic carboxylic acids is 1. The Bertz CT molecular complexity index is 353. The van der Waals surface area contributed by atoms with Crippen molar-refractivity contribution in [1.29, 1.82) is 0 Å². The second kappa shape index (κ2) is 9.36. The van der Waals surface area contributed by atoms with E-state index in [9.17, 15) is 9.59 Å². The zero-order valence-corrected chi connectivity index (χ0v) is 12.5. The molecule has 1 fully saturated rings. The normalized spacial score (nSPS) is 15.8. The number of methoxy groups -OCH3 is 1. The third-order valence-electron chi connectivity index (χ3n) is 3.34. The second-order valence-corrected chi connectivity index (χ2v) is 4.90. The van der Waals surface area contributed by atoms with Gasteiger partial charge in [0.1, 0.15) is 6.61 Å². The van der Waals surface area contributed by atoms with Crippen molar-refractivity contribution in [3.63, 3.8) is 0 Å². The molecule has 1 N–H and O–H groups in total. The van der Waals surface area contributed by atoms with Gasteiger partial charge < -0.3 is 24.4 Å². The van der Waals surface area contributed by atoms with Crippen molar-refractivity contribution in [3.05, 3.63) is 12.7 Å². The molecule has 1 aliphatic heterocycles. The second-order valence-electron chi connectivity index (χ2n) is 4.90. The number of rotatable bonds is 8. The van der Waals surface area contributed by atoms with Gasteiger partial charge in [0, 0.05) is 33.3 Å². The number of carboxylic acids is 1. The number of carbonyl (C=O) groups is 2. The van der Waals surface area contributed by atoms with Gasteiger partial charge in [0.05, 0.1) is 12.7 Å². The first-order valence-corrected chi connectivity index (χ1v) is 7.05. The summed E-state index contributed by atoms with van der Waals surface area (Å²) in [6.45, 7) is 6.02. The van der Waals surface area contributed by atoms with Crippen LogP contribution in [0.1, 0.15) is 12.8 Å². The summed E-state index contributed by atoms with van der Waals surface area (Å²) < 4.78 is 10.3. The number of nitrogens with zero attached hydrogens (tertiary/aromatic N) is 2. The van der Waals surface area contributed by atoms with E-state index in [1.54, 1.807) is 23.0 Å². The number of ether oxygens (including phenoxy) is 2. The molecule has 7 heteroatoms. The van der Waals surface area contributed by atoms with Crippen LogP contribution in [-0.2, 0) is 14.3 Å². The molecule has 0 bridgehead atoms. The van der Waals surface area contributed by atoms with Gasteiger partial charge in [0.2, 0.25) is 0 Å². The van der Waals surface area contributed by atoms with Gasteiger partial charge in [-0.3, -0.25) is 0 Å². The average Bonchev–Trinajstić information content (AvgIpc) is 2.49. The van der Waals surface area contributed by atoms with E-state index in [0.717, 1.165) is 0 Å². The van der Waals surface area contributed by atoms with Crippen molar-refractivity contribution in [2.75, 3.05) is 46.5 Å². The van der Waals surface area contributed by atoms with Gasteiger partial charge in [0.15, 0.2) is 0 Å². The summed E-state index contributed by atoms with van der Waals surface area (Å²) in [5.41, 5.74) is 0. The Balaban J connectivity index is 2.41. The van der Waals surface area contributed by atoms with E-state index in [2.05, 4.69) is 6.58 Å². The highest BCUT2D eigenvalue weighted by atomic mass is 16.5. The number of carboxylic acid groups (broad SMARTS) is 1. The molecule has 0 spiro atoms. The summed E-state index contributed by atoms with van der Waals surface area (Å²) in [5, 5.41) is 8.58. The molecule has 0 saturated carbocycles. The van der Waals surface area contributed by atoms with Crippen molar-refractivity contribution in [2.45, 2.75) is 18.9 Å². The van der Waals surface area contributed by atoms with Crippen molar-refractivity contribution < 1.29 is 24.2 Å². The van der Waals surface area contributed by atoms with Crippen LogP contribution in [0.25, 0.3) is 0 Å². The predicted octanol–water partition coefficient (Wildman–Crippen LogP) is 0.806. The Morgan fingerprint density at radius 3 is 2.62 bits per heavy atom. The van der Waals surface area contributed by atoms with Gasteiger partial charge in [-0.2, -0.15) is 0 Å². The van der Waals surface area contributed by atoms with Gasteiger partial charge in [-0.05, 0) is 12.8 Å². The first kappa shape index (κ1) is 17.5. The quantitative estimate of drug-likeness (QED) is 0.671. The maximum absolute atomic E-state index is 12.4. The van der Waals surface area contributed by atoms with E-state index in [4.69, 9.17) is 14.6 Å². The molecule has 0 aromatic rings. The molecule has 0 aliphatic carbocycles. The molecule has 1 rings (SSSR count). The van der Waals surface area contributed by atoms with Crippen molar-refractivity contribution in [2.24, 2.45) is 0 Å². The lowest BCUT2D eigenvalue weighted by Crippen LogP contribution is -2.48. The summed E-state index contributed by atoms with van der Waals surface area (Å²) in [4.78, 5) is 26.3. The fraction of sp³-hybridized carbons (Fsp3) is 0.714. The lowest BCUT2D eigenvalue weighted by atomic mass is 10.1. The summed E-state index contributed by atoms with van der Waals surface area (Å²) in [5.74, 6) is -0.967. The standard InChI is InChI=1S/C14H24N2O5/c1-3-6-15(9-10-20-2)14(19)16-7-4-12(5-8-16)21-11-13(17)18/h3,12H,1,4-11H2,2H3,(H,17,18). The Hall–Kier alpha value is -1.60. The molecule has 7 nitrogen and oxygen atoms in total. The highest BCUT2D eigenvalue weighted by molar-refractivity contribution is 5.74. The van der Waals surface area contributed by atoms with E-state index in [-0.39, 0.29) is 18.7 Å². The highest BCUT2D eigenvalue weighted by Gasteiger charge is 2.26. The first-order valence-electron chi connectivity index (χ1n) is 7.05. The van der Waals surface area contributed by atoms with E-state index >= 15 is 0 Å². The first-order chi connectivity index (χ1) is 10.1. The maximum Gasteiger partial charge on any atom is 0.329 e. The largest absolute Gasteiger partial charge is 0.480 e. The molecule has 0 aromatic carbocycles. The molecule has 0 aromatic heterocycles. The SMILES string of the molecule is C=CCN(CCOC)C(=O)N1CCC(OCC(=O)O)CC1. The lowest BCUT2D eigenvalue weighted by molar-refractivity contribution is -0.145. The Labute approximate surface area is 125 Å². The lowest BCUT2D eigenvalue weighted by Gasteiger charge is -2.35. The molecule has 1 saturated heterocycles. The highest BCUT2D eigenvalue weighted by Crippen LogP contribution is 2.15. The molecular formula is C14H24N2O5. The van der Waals surface area contributed by atoms with Crippen LogP contribution in [0.4, 0.5) is 4.79 Å². The zero-order chi connectivity index (χ0) is 15.7. The van der Waals surface area contributed by atoms with E-state index in [1.165, 1.54) is 0 Å². The van der Waals surface area contributed by atoms with Crippen LogP contribution in [0.15, 0.2) is 12.7 Å². The number of piperidine rings is 1. The topological polar surface area (TPSA) is 79.3 Å². The smallest absolute Gasteiger partial charge is 0.329 e. The molecular weight excluding hydrogens is 276 g/mol. The predicted molar refractivity (Wildman–Crippen MR) is 77.2 cm³/mol. The Morgan fingerprint density at radius 1 is 1.43 bits per heavy atom. The number of amides is 2. The minimum absolute atomic E-state index is 0.0383. The van der Waals surface area contributed by atoms with Gasteiger partial charge in [-0.25, -0.2) is 9.59 Å². The fourth-order valence-electron chi connectivity index (χ4n) is 2.23. The monoisotopic (exact) mass is 300 g/mol. The summed E-state index contributed by atoms with van der Waals surface area (Å²) in [6.07, 6.45) is 2.92.